The van der Waals surface area contributed by atoms with Crippen LogP contribution in [0.25, 0.3) is 0 Å². The number of rotatable bonds is 0. The van der Waals surface area contributed by atoms with Gasteiger partial charge in [-0.25, -0.2) is 0 Å². The molecule has 4 heavy (non-hydrogen) atoms. The minimum Gasteiger partial charge on any atom is 0 e. The molecule has 0 spiro atoms. The predicted octanol–water partition coefficient (Wildman–Crippen LogP) is -0.983. The Morgan fingerprint density at radius 3 is 1.00 bits per heavy atom. The molecule has 0 bridgehead atoms. The molecule has 0 unspecified atom stereocenters. The van der Waals surface area contributed by atoms with Crippen molar-refractivity contribution in [3.8, 4) is 0 Å². The Labute approximate surface area is 51.5 Å². The van der Waals surface area contributed by atoms with E-state index in [4.69, 9.17) is 0 Å². The summed E-state index contributed by atoms with van der Waals surface area (Å²) in [6, 6.07) is 0. The molecule has 2 nitrogen and oxygen atoms in total. The predicted molar refractivity (Wildman–Crippen MR) is 8.57 cm³/mol. The molecule has 0 aromatic carbocycles. The van der Waals surface area contributed by atoms with E-state index in [0.29, 0.717) is 0 Å². The van der Waals surface area contributed by atoms with E-state index in [1.54, 1.807) is 0 Å². The van der Waals surface area contributed by atoms with Crippen LogP contribution in [0.4, 0.5) is 0 Å². The summed E-state index contributed by atoms with van der Waals surface area (Å²) >= 11 is 0. The zero-order chi connectivity index (χ0) is 0. The number of hydrogen-bond donors (Lipinski definition) is 0. The molecular weight excluding hydrogens is 238 g/mol. The standard InChI is InChI=1S/Al.N.O.Ta. The molecule has 0 atom stereocenters. The minimum absolute atomic E-state index is 0. The maximum Gasteiger partial charge on any atom is 0 e. The summed E-state index contributed by atoms with van der Waals surface area (Å²) in [6.07, 6.45) is 0. The topological polar surface area (TPSA) is 59.0 Å². The summed E-state index contributed by atoms with van der Waals surface area (Å²) in [5, 5.41) is 0. The largest absolute Gasteiger partial charge is 0 e. The van der Waals surface area contributed by atoms with Gasteiger partial charge in [-0.15, -0.1) is 0 Å². The smallest absolute Gasteiger partial charge is 0 e. The molecule has 0 saturated carbocycles. The SMILES string of the molecule is [Al].[N].[O].[Ta]. The van der Waals surface area contributed by atoms with Gasteiger partial charge in [-0.05, 0) is 0 Å². The third-order valence-corrected chi connectivity index (χ3v) is 0. The van der Waals surface area contributed by atoms with Crippen LogP contribution >= 0.6 is 0 Å². The molecule has 0 amide bonds. The van der Waals surface area contributed by atoms with Gasteiger partial charge in [0.2, 0.25) is 0 Å². The molecule has 0 aliphatic carbocycles. The van der Waals surface area contributed by atoms with Gasteiger partial charge >= 0.3 is 0 Å². The van der Waals surface area contributed by atoms with Crippen LogP contribution in [0.15, 0.2) is 0 Å². The first-order chi connectivity index (χ1) is 0. The van der Waals surface area contributed by atoms with E-state index < -0.39 is 0 Å². The van der Waals surface area contributed by atoms with E-state index in [-0.39, 0.29) is 51.4 Å². The van der Waals surface area contributed by atoms with Crippen LogP contribution in [0.3, 0.4) is 0 Å². The third kappa shape index (κ3) is 10.8. The minimum atomic E-state index is 0. The first kappa shape index (κ1) is 64.2. The normalized spacial score (nSPS) is 0. The fourth-order valence-corrected chi connectivity index (χ4v) is 0. The molecular formula is AlNOTa. The summed E-state index contributed by atoms with van der Waals surface area (Å²) in [5.74, 6) is 0. The Kier molecular flexibility index (Phi) is 482. The van der Waals surface area contributed by atoms with Crippen LogP contribution < -0.4 is 6.15 Å². The fourth-order valence-electron chi connectivity index (χ4n) is 0. The Hall–Kier alpha value is 1.19. The summed E-state index contributed by atoms with van der Waals surface area (Å²) in [7, 11) is 0. The van der Waals surface area contributed by atoms with Gasteiger partial charge in [0.05, 0.1) is 0 Å². The molecule has 9 radical (unpaired) electrons. The van der Waals surface area contributed by atoms with Gasteiger partial charge < -0.3 is 0 Å². The molecule has 0 aliphatic rings. The van der Waals surface area contributed by atoms with Gasteiger partial charge in [0.25, 0.3) is 0 Å². The van der Waals surface area contributed by atoms with E-state index in [9.17, 15) is 0 Å². The molecule has 0 aromatic heterocycles. The molecule has 0 N–H and O–H groups in total. The van der Waals surface area contributed by atoms with E-state index in [0.717, 1.165) is 0 Å². The van der Waals surface area contributed by atoms with Gasteiger partial charge in [-0.2, -0.15) is 0 Å². The quantitative estimate of drug-likeness (QED) is 0.487. The maximum atomic E-state index is 0. The average molecular weight is 238 g/mol. The second-order valence-corrected chi connectivity index (χ2v) is 0. The van der Waals surface area contributed by atoms with Gasteiger partial charge in [0.1, 0.15) is 0 Å². The second kappa shape index (κ2) is 30.0. The van der Waals surface area contributed by atoms with Crippen LogP contribution in [-0.2, 0) is 27.9 Å². The first-order valence-electron chi connectivity index (χ1n) is 0. The summed E-state index contributed by atoms with van der Waals surface area (Å²) < 4.78 is 0. The van der Waals surface area contributed by atoms with Crippen LogP contribution in [-0.4, -0.2) is 17.4 Å². The molecule has 0 saturated heterocycles. The fraction of sp³-hybridized carbons (Fsp3) is 0. The molecule has 19 valence electrons. The van der Waals surface area contributed by atoms with Crippen molar-refractivity contribution >= 4 is 17.4 Å². The zero-order valence-electron chi connectivity index (χ0n) is 1.88. The summed E-state index contributed by atoms with van der Waals surface area (Å²) in [4.78, 5) is 0. The first-order valence-corrected chi connectivity index (χ1v) is 0. The Morgan fingerprint density at radius 2 is 1.00 bits per heavy atom. The van der Waals surface area contributed by atoms with Gasteiger partial charge in [-0.1, -0.05) is 0 Å². The summed E-state index contributed by atoms with van der Waals surface area (Å²) in [6.45, 7) is 0. The van der Waals surface area contributed by atoms with Crippen molar-refractivity contribution in [2.24, 2.45) is 0 Å². The maximum absolute atomic E-state index is 0. The molecule has 4 heteroatoms. The van der Waals surface area contributed by atoms with Gasteiger partial charge in [0.15, 0.2) is 0 Å². The zero-order valence-corrected chi connectivity index (χ0v) is 6.25. The van der Waals surface area contributed by atoms with Crippen molar-refractivity contribution in [1.82, 2.24) is 6.15 Å². The average Bonchev–Trinajstić information content (AvgIpc) is 0. The Bertz CT molecular complexity index is 8.00. The van der Waals surface area contributed by atoms with Crippen LogP contribution in [0.1, 0.15) is 0 Å². The van der Waals surface area contributed by atoms with E-state index >= 15 is 0 Å². The van der Waals surface area contributed by atoms with E-state index in [1.165, 1.54) is 0 Å². The van der Waals surface area contributed by atoms with Crippen LogP contribution in [0.5, 0.6) is 0 Å². The Balaban J connectivity index is 0. The van der Waals surface area contributed by atoms with E-state index in [1.807, 2.05) is 0 Å². The monoisotopic (exact) mass is 238 g/mol. The van der Waals surface area contributed by atoms with Crippen LogP contribution in [0, 0.1) is 0 Å². The van der Waals surface area contributed by atoms with Crippen molar-refractivity contribution in [2.75, 3.05) is 0 Å². The van der Waals surface area contributed by atoms with Gasteiger partial charge in [0, 0.05) is 51.4 Å². The Morgan fingerprint density at radius 1 is 1.00 bits per heavy atom. The molecule has 0 heterocycles. The third-order valence-electron chi connectivity index (χ3n) is 0. The molecule has 0 aromatic rings. The van der Waals surface area contributed by atoms with Crippen LogP contribution in [0.2, 0.25) is 0 Å². The van der Waals surface area contributed by atoms with Crippen molar-refractivity contribution < 1.29 is 27.9 Å². The van der Waals surface area contributed by atoms with Gasteiger partial charge in [-0.3, -0.25) is 0 Å². The molecule has 0 aliphatic heterocycles. The molecule has 0 rings (SSSR count). The van der Waals surface area contributed by atoms with Crippen molar-refractivity contribution in [1.29, 1.82) is 0 Å². The number of nitrogens with zero attached hydrogens (tertiary/aromatic N) is 1. The van der Waals surface area contributed by atoms with Crippen molar-refractivity contribution in [3.05, 3.63) is 0 Å². The number of hydrogen-bond acceptors (Lipinski definition) is 0. The van der Waals surface area contributed by atoms with E-state index in [2.05, 4.69) is 0 Å². The second-order valence-electron chi connectivity index (χ2n) is 0. The molecule has 0 fully saturated rings. The van der Waals surface area contributed by atoms with Crippen molar-refractivity contribution in [3.63, 3.8) is 0 Å². The summed E-state index contributed by atoms with van der Waals surface area (Å²) in [5.41, 5.74) is 0. The van der Waals surface area contributed by atoms with Crippen molar-refractivity contribution in [2.45, 2.75) is 0 Å².